The van der Waals surface area contributed by atoms with Crippen molar-refractivity contribution in [1.82, 2.24) is 14.8 Å². The number of rotatable bonds is 8. The number of fused-ring (bicyclic) bond motifs is 2. The largest absolute Gasteiger partial charge is 0.493 e. The quantitative estimate of drug-likeness (QED) is 0.592. The Hall–Kier alpha value is -3.74. The summed E-state index contributed by atoms with van der Waals surface area (Å²) in [6.07, 6.45) is 6.12. The molecule has 2 aromatic carbocycles. The summed E-state index contributed by atoms with van der Waals surface area (Å²) < 4.78 is 12.8. The van der Waals surface area contributed by atoms with Crippen LogP contribution in [-0.2, 0) is 22.6 Å². The Labute approximate surface area is 187 Å². The van der Waals surface area contributed by atoms with Crippen molar-refractivity contribution in [3.63, 3.8) is 0 Å². The van der Waals surface area contributed by atoms with Crippen molar-refractivity contribution in [2.45, 2.75) is 19.4 Å². The Balaban J connectivity index is 1.30. The number of hydrogen-bond acceptors (Lipinski definition) is 4. The van der Waals surface area contributed by atoms with Crippen molar-refractivity contribution in [1.29, 1.82) is 0 Å². The number of amides is 2. The maximum atomic E-state index is 12.7. The van der Waals surface area contributed by atoms with Crippen LogP contribution in [0.4, 0.5) is 0 Å². The van der Waals surface area contributed by atoms with Gasteiger partial charge < -0.3 is 24.3 Å². The van der Waals surface area contributed by atoms with Crippen LogP contribution in [-0.4, -0.2) is 48.6 Å². The van der Waals surface area contributed by atoms with Gasteiger partial charge in [0, 0.05) is 44.0 Å². The smallest absolute Gasteiger partial charge is 0.230 e. The van der Waals surface area contributed by atoms with Gasteiger partial charge in [0.05, 0.1) is 20.6 Å². The van der Waals surface area contributed by atoms with Crippen LogP contribution < -0.4 is 14.8 Å². The van der Waals surface area contributed by atoms with Gasteiger partial charge in [0.2, 0.25) is 11.8 Å². The molecule has 1 N–H and O–H groups in total. The standard InChI is InChI=1S/C25H27N3O4/c1-31-22-15-19-8-12-28(25(30)17-20(19)16-23(22)32-2)13-9-24(29)26-10-14-27-11-7-18-5-3-4-6-21(18)27/h3-8,11-12,15-16H,9-10,13-14,17H2,1-2H3,(H,26,29). The molecule has 0 aliphatic carbocycles. The van der Waals surface area contributed by atoms with E-state index in [1.807, 2.05) is 36.5 Å². The molecule has 0 atom stereocenters. The highest BCUT2D eigenvalue weighted by Crippen LogP contribution is 2.32. The Kier molecular flexibility index (Phi) is 6.44. The summed E-state index contributed by atoms with van der Waals surface area (Å²) in [5.41, 5.74) is 2.92. The number of carbonyl (C=O) groups is 2. The predicted octanol–water partition coefficient (Wildman–Crippen LogP) is 3.22. The SMILES string of the molecule is COc1cc2c(cc1OC)CC(=O)N(CCC(=O)NCCn1ccc3ccccc31)C=C2. The lowest BCUT2D eigenvalue weighted by molar-refractivity contribution is -0.128. The lowest BCUT2D eigenvalue weighted by Crippen LogP contribution is -2.33. The van der Waals surface area contributed by atoms with Crippen LogP contribution in [0.15, 0.2) is 54.9 Å². The van der Waals surface area contributed by atoms with Crippen LogP contribution in [0.25, 0.3) is 17.0 Å². The molecule has 0 saturated heterocycles. The van der Waals surface area contributed by atoms with Crippen molar-refractivity contribution < 1.29 is 19.1 Å². The Morgan fingerprint density at radius 3 is 2.66 bits per heavy atom. The van der Waals surface area contributed by atoms with E-state index in [0.29, 0.717) is 31.1 Å². The molecule has 0 spiro atoms. The average Bonchev–Trinajstić information content (AvgIpc) is 3.15. The van der Waals surface area contributed by atoms with Crippen molar-refractivity contribution in [3.8, 4) is 11.5 Å². The van der Waals surface area contributed by atoms with E-state index in [1.54, 1.807) is 25.3 Å². The second-order valence-corrected chi connectivity index (χ2v) is 7.65. The van der Waals surface area contributed by atoms with E-state index < -0.39 is 0 Å². The maximum absolute atomic E-state index is 12.7. The average molecular weight is 434 g/mol. The molecule has 2 heterocycles. The molecule has 2 amide bonds. The second-order valence-electron chi connectivity index (χ2n) is 7.65. The molecule has 32 heavy (non-hydrogen) atoms. The topological polar surface area (TPSA) is 72.8 Å². The lowest BCUT2D eigenvalue weighted by atomic mass is 10.0. The van der Waals surface area contributed by atoms with Crippen LogP contribution in [0.3, 0.4) is 0 Å². The van der Waals surface area contributed by atoms with Gasteiger partial charge in [-0.25, -0.2) is 0 Å². The van der Waals surface area contributed by atoms with E-state index in [-0.39, 0.29) is 24.7 Å². The van der Waals surface area contributed by atoms with E-state index in [0.717, 1.165) is 16.6 Å². The number of carbonyl (C=O) groups excluding carboxylic acids is 2. The van der Waals surface area contributed by atoms with E-state index in [9.17, 15) is 9.59 Å². The molecular weight excluding hydrogens is 406 g/mol. The lowest BCUT2D eigenvalue weighted by Gasteiger charge is -2.17. The van der Waals surface area contributed by atoms with Crippen LogP contribution in [0.2, 0.25) is 0 Å². The van der Waals surface area contributed by atoms with E-state index in [1.165, 1.54) is 5.39 Å². The van der Waals surface area contributed by atoms with E-state index in [4.69, 9.17) is 9.47 Å². The maximum Gasteiger partial charge on any atom is 0.230 e. The Morgan fingerprint density at radius 1 is 1.06 bits per heavy atom. The summed E-state index contributed by atoms with van der Waals surface area (Å²) in [6, 6.07) is 13.9. The van der Waals surface area contributed by atoms with Gasteiger partial charge in [-0.15, -0.1) is 0 Å². The first-order valence-corrected chi connectivity index (χ1v) is 10.6. The summed E-state index contributed by atoms with van der Waals surface area (Å²) >= 11 is 0. The molecule has 0 fully saturated rings. The number of nitrogens with zero attached hydrogens (tertiary/aromatic N) is 2. The minimum atomic E-state index is -0.0761. The van der Waals surface area contributed by atoms with Gasteiger partial charge in [-0.2, -0.15) is 0 Å². The number of para-hydroxylation sites is 1. The molecule has 1 aromatic heterocycles. The molecule has 7 heteroatoms. The monoisotopic (exact) mass is 433 g/mol. The van der Waals surface area contributed by atoms with Gasteiger partial charge in [-0.3, -0.25) is 9.59 Å². The summed E-state index contributed by atoms with van der Waals surface area (Å²) in [7, 11) is 3.15. The van der Waals surface area contributed by atoms with Gasteiger partial charge in [0.1, 0.15) is 0 Å². The zero-order chi connectivity index (χ0) is 22.5. The fourth-order valence-electron chi connectivity index (χ4n) is 3.92. The van der Waals surface area contributed by atoms with Gasteiger partial charge in [-0.05, 0) is 46.9 Å². The fraction of sp³-hybridized carbons (Fsp3) is 0.280. The zero-order valence-electron chi connectivity index (χ0n) is 18.3. The highest BCUT2D eigenvalue weighted by molar-refractivity contribution is 5.85. The summed E-state index contributed by atoms with van der Waals surface area (Å²) in [5.74, 6) is 1.08. The minimum absolute atomic E-state index is 0.0566. The molecule has 1 aliphatic heterocycles. The fourth-order valence-corrected chi connectivity index (χ4v) is 3.92. The number of aromatic nitrogens is 1. The third-order valence-electron chi connectivity index (χ3n) is 5.68. The first-order valence-electron chi connectivity index (χ1n) is 10.6. The van der Waals surface area contributed by atoms with Crippen LogP contribution in [0.5, 0.6) is 11.5 Å². The third kappa shape index (κ3) is 4.61. The second kappa shape index (κ2) is 9.60. The normalized spacial score (nSPS) is 13.1. The summed E-state index contributed by atoms with van der Waals surface area (Å²) in [4.78, 5) is 26.6. The minimum Gasteiger partial charge on any atom is -0.493 e. The van der Waals surface area contributed by atoms with Crippen LogP contribution in [0.1, 0.15) is 17.5 Å². The molecule has 3 aromatic rings. The molecular formula is C25H27N3O4. The molecule has 0 radical (unpaired) electrons. The van der Waals surface area contributed by atoms with E-state index >= 15 is 0 Å². The van der Waals surface area contributed by atoms with Crippen molar-refractivity contribution in [2.75, 3.05) is 27.3 Å². The van der Waals surface area contributed by atoms with E-state index in [2.05, 4.69) is 28.1 Å². The molecule has 1 aliphatic rings. The molecule has 0 unspecified atom stereocenters. The molecule has 0 saturated carbocycles. The van der Waals surface area contributed by atoms with Crippen LogP contribution >= 0.6 is 0 Å². The zero-order valence-corrected chi connectivity index (χ0v) is 18.3. The number of hydrogen-bond donors (Lipinski definition) is 1. The van der Waals surface area contributed by atoms with Crippen molar-refractivity contribution in [3.05, 3.63) is 66.0 Å². The summed E-state index contributed by atoms with van der Waals surface area (Å²) in [5, 5.41) is 4.13. The van der Waals surface area contributed by atoms with Gasteiger partial charge in [0.15, 0.2) is 11.5 Å². The molecule has 7 nitrogen and oxygen atoms in total. The van der Waals surface area contributed by atoms with Crippen molar-refractivity contribution in [2.24, 2.45) is 0 Å². The number of ether oxygens (including phenoxy) is 2. The first kappa shape index (κ1) is 21.5. The Morgan fingerprint density at radius 2 is 1.84 bits per heavy atom. The Bertz CT molecular complexity index is 1170. The highest BCUT2D eigenvalue weighted by atomic mass is 16.5. The number of benzene rings is 2. The summed E-state index contributed by atoms with van der Waals surface area (Å²) in [6.45, 7) is 1.56. The van der Waals surface area contributed by atoms with Gasteiger partial charge >= 0.3 is 0 Å². The predicted molar refractivity (Wildman–Crippen MR) is 124 cm³/mol. The number of methoxy groups -OCH3 is 2. The van der Waals surface area contributed by atoms with Gasteiger partial charge in [0.25, 0.3) is 0 Å². The first-order chi connectivity index (χ1) is 15.6. The third-order valence-corrected chi connectivity index (χ3v) is 5.68. The molecule has 0 bridgehead atoms. The van der Waals surface area contributed by atoms with Gasteiger partial charge in [-0.1, -0.05) is 18.2 Å². The van der Waals surface area contributed by atoms with Crippen LogP contribution in [0, 0.1) is 0 Å². The number of nitrogens with one attached hydrogen (secondary N) is 1. The van der Waals surface area contributed by atoms with Crippen molar-refractivity contribution >= 4 is 28.8 Å². The molecule has 166 valence electrons. The molecule has 4 rings (SSSR count). The highest BCUT2D eigenvalue weighted by Gasteiger charge is 2.20.